The minimum Gasteiger partial charge on any atom is -0.480 e. The quantitative estimate of drug-likeness (QED) is 0.830. The second kappa shape index (κ2) is 7.20. The fourth-order valence-corrected chi connectivity index (χ4v) is 2.96. The van der Waals surface area contributed by atoms with Gasteiger partial charge >= 0.3 is 5.97 Å². The smallest absolute Gasteiger partial charge is 0.326 e. The zero-order valence-electron chi connectivity index (χ0n) is 13.2. The van der Waals surface area contributed by atoms with Crippen molar-refractivity contribution in [2.75, 3.05) is 6.54 Å². The molecule has 0 saturated carbocycles. The van der Waals surface area contributed by atoms with E-state index in [9.17, 15) is 14.7 Å². The number of nitrogens with zero attached hydrogens (tertiary/aromatic N) is 5. The molecule has 24 heavy (non-hydrogen) atoms. The first-order valence-corrected chi connectivity index (χ1v) is 7.96. The number of aromatic nitrogens is 4. The van der Waals surface area contributed by atoms with Gasteiger partial charge in [0, 0.05) is 13.1 Å². The number of hydrogen-bond donors (Lipinski definition) is 1. The lowest BCUT2D eigenvalue weighted by molar-refractivity contribution is -0.148. The lowest BCUT2D eigenvalue weighted by atomic mass is 10.1. The summed E-state index contributed by atoms with van der Waals surface area (Å²) in [5.74, 6) is -0.729. The number of carbonyl (C=O) groups excluding carboxylic acids is 1. The monoisotopic (exact) mass is 329 g/mol. The van der Waals surface area contributed by atoms with Crippen molar-refractivity contribution in [3.05, 3.63) is 41.7 Å². The standard InChI is InChI=1S/C16H19N5O3/c22-15(20-9-4-7-13(20)16(23)24)11-14-17-18-19-21(14)10-8-12-5-2-1-3-6-12/h1-3,5-6,13H,4,7-11H2,(H,23,24). The molecule has 3 rings (SSSR count). The molecule has 1 saturated heterocycles. The molecular weight excluding hydrogens is 310 g/mol. The van der Waals surface area contributed by atoms with E-state index in [0.29, 0.717) is 31.8 Å². The van der Waals surface area contributed by atoms with E-state index < -0.39 is 12.0 Å². The van der Waals surface area contributed by atoms with Gasteiger partial charge in [0.1, 0.15) is 6.04 Å². The molecule has 126 valence electrons. The van der Waals surface area contributed by atoms with Crippen LogP contribution in [0.3, 0.4) is 0 Å². The van der Waals surface area contributed by atoms with E-state index in [0.717, 1.165) is 12.0 Å². The summed E-state index contributed by atoms with van der Waals surface area (Å²) in [5.41, 5.74) is 1.16. The maximum absolute atomic E-state index is 12.4. The van der Waals surface area contributed by atoms with Crippen LogP contribution in [0.5, 0.6) is 0 Å². The van der Waals surface area contributed by atoms with Crippen molar-refractivity contribution in [2.45, 2.75) is 38.3 Å². The van der Waals surface area contributed by atoms with Crippen LogP contribution >= 0.6 is 0 Å². The van der Waals surface area contributed by atoms with Crippen LogP contribution < -0.4 is 0 Å². The summed E-state index contributed by atoms with van der Waals surface area (Å²) in [7, 11) is 0. The second-order valence-corrected chi connectivity index (χ2v) is 5.81. The molecule has 8 nitrogen and oxygen atoms in total. The molecule has 8 heteroatoms. The van der Waals surface area contributed by atoms with Gasteiger partial charge in [-0.2, -0.15) is 0 Å². The van der Waals surface area contributed by atoms with Gasteiger partial charge in [-0.05, 0) is 35.3 Å². The fraction of sp³-hybridized carbons (Fsp3) is 0.438. The normalized spacial score (nSPS) is 17.2. The van der Waals surface area contributed by atoms with Gasteiger partial charge in [-0.3, -0.25) is 4.79 Å². The lowest BCUT2D eigenvalue weighted by Crippen LogP contribution is -2.41. The highest BCUT2D eigenvalue weighted by Gasteiger charge is 2.34. The van der Waals surface area contributed by atoms with Crippen LogP contribution in [0.4, 0.5) is 0 Å². The van der Waals surface area contributed by atoms with E-state index in [4.69, 9.17) is 0 Å². The minimum atomic E-state index is -0.954. The third-order valence-corrected chi connectivity index (χ3v) is 4.23. The van der Waals surface area contributed by atoms with Gasteiger partial charge in [0.2, 0.25) is 5.91 Å². The van der Waals surface area contributed by atoms with Gasteiger partial charge in [-0.15, -0.1) is 5.10 Å². The van der Waals surface area contributed by atoms with Crippen LogP contribution in [-0.4, -0.2) is 54.7 Å². The highest BCUT2D eigenvalue weighted by atomic mass is 16.4. The number of amides is 1. The van der Waals surface area contributed by atoms with E-state index in [1.165, 1.54) is 4.90 Å². The van der Waals surface area contributed by atoms with Crippen molar-refractivity contribution in [3.63, 3.8) is 0 Å². The van der Waals surface area contributed by atoms with Crippen LogP contribution in [0.2, 0.25) is 0 Å². The molecule has 0 radical (unpaired) electrons. The maximum Gasteiger partial charge on any atom is 0.326 e. The minimum absolute atomic E-state index is 0.0194. The van der Waals surface area contributed by atoms with Crippen molar-refractivity contribution < 1.29 is 14.7 Å². The molecule has 1 aromatic heterocycles. The van der Waals surface area contributed by atoms with Crippen molar-refractivity contribution in [2.24, 2.45) is 0 Å². The van der Waals surface area contributed by atoms with E-state index >= 15 is 0 Å². The molecule has 2 heterocycles. The molecule has 1 atom stereocenters. The topological polar surface area (TPSA) is 101 Å². The molecule has 0 spiro atoms. The van der Waals surface area contributed by atoms with E-state index in [1.54, 1.807) is 4.68 Å². The highest BCUT2D eigenvalue weighted by Crippen LogP contribution is 2.18. The average Bonchev–Trinajstić information content (AvgIpc) is 3.23. The van der Waals surface area contributed by atoms with Crippen LogP contribution in [-0.2, 0) is 29.0 Å². The number of benzene rings is 1. The Morgan fingerprint density at radius 2 is 2.04 bits per heavy atom. The van der Waals surface area contributed by atoms with Crippen molar-refractivity contribution in [1.29, 1.82) is 0 Å². The van der Waals surface area contributed by atoms with Gasteiger partial charge < -0.3 is 10.0 Å². The molecule has 0 aliphatic carbocycles. The molecular formula is C16H19N5O3. The third kappa shape index (κ3) is 3.58. The Labute approximate surface area is 139 Å². The Morgan fingerprint density at radius 1 is 1.25 bits per heavy atom. The van der Waals surface area contributed by atoms with Crippen LogP contribution in [0, 0.1) is 0 Å². The summed E-state index contributed by atoms with van der Waals surface area (Å²) in [4.78, 5) is 25.0. The lowest BCUT2D eigenvalue weighted by Gasteiger charge is -2.21. The summed E-state index contributed by atoms with van der Waals surface area (Å²) in [5, 5.41) is 20.7. The first-order valence-electron chi connectivity index (χ1n) is 7.96. The number of aryl methyl sites for hydroxylation is 2. The van der Waals surface area contributed by atoms with Crippen molar-refractivity contribution >= 4 is 11.9 Å². The molecule has 1 aliphatic heterocycles. The molecule has 1 amide bonds. The molecule has 2 aromatic rings. The predicted octanol–water partition coefficient (Wildman–Crippen LogP) is 0.534. The molecule has 1 N–H and O–H groups in total. The largest absolute Gasteiger partial charge is 0.480 e. The van der Waals surface area contributed by atoms with Gasteiger partial charge in [0.25, 0.3) is 0 Å². The van der Waals surface area contributed by atoms with E-state index in [-0.39, 0.29) is 12.3 Å². The highest BCUT2D eigenvalue weighted by molar-refractivity contribution is 5.85. The van der Waals surface area contributed by atoms with Gasteiger partial charge in [-0.1, -0.05) is 30.3 Å². The SMILES string of the molecule is O=C(O)C1CCCN1C(=O)Cc1nnnn1CCc1ccccc1. The van der Waals surface area contributed by atoms with Crippen molar-refractivity contribution in [3.8, 4) is 0 Å². The molecule has 1 aromatic carbocycles. The number of carboxylic acid groups (broad SMARTS) is 1. The Bertz CT molecular complexity index is 716. The Kier molecular flexibility index (Phi) is 4.83. The first kappa shape index (κ1) is 16.1. The summed E-state index contributed by atoms with van der Waals surface area (Å²) >= 11 is 0. The number of rotatable bonds is 6. The molecule has 1 aliphatic rings. The summed E-state index contributed by atoms with van der Waals surface area (Å²) in [6, 6.07) is 9.22. The van der Waals surface area contributed by atoms with Crippen LogP contribution in [0.1, 0.15) is 24.2 Å². The van der Waals surface area contributed by atoms with Gasteiger partial charge in [-0.25, -0.2) is 9.48 Å². The Morgan fingerprint density at radius 3 is 2.79 bits per heavy atom. The number of carboxylic acids is 1. The summed E-state index contributed by atoms with van der Waals surface area (Å²) < 4.78 is 1.61. The van der Waals surface area contributed by atoms with Crippen molar-refractivity contribution in [1.82, 2.24) is 25.1 Å². The molecule has 0 bridgehead atoms. The number of hydrogen-bond acceptors (Lipinski definition) is 5. The number of aliphatic carboxylic acids is 1. The van der Waals surface area contributed by atoms with Gasteiger partial charge in [0.05, 0.1) is 6.42 Å². The fourth-order valence-electron chi connectivity index (χ4n) is 2.96. The summed E-state index contributed by atoms with van der Waals surface area (Å²) in [6.45, 7) is 1.05. The summed E-state index contributed by atoms with van der Waals surface area (Å²) in [6.07, 6.45) is 1.99. The van der Waals surface area contributed by atoms with E-state index in [2.05, 4.69) is 15.5 Å². The first-order chi connectivity index (χ1) is 11.6. The Balaban J connectivity index is 1.63. The predicted molar refractivity (Wildman–Crippen MR) is 84.0 cm³/mol. The molecule has 1 unspecified atom stereocenters. The zero-order chi connectivity index (χ0) is 16.9. The number of carbonyl (C=O) groups is 2. The average molecular weight is 329 g/mol. The zero-order valence-corrected chi connectivity index (χ0v) is 13.2. The maximum atomic E-state index is 12.4. The third-order valence-electron chi connectivity index (χ3n) is 4.23. The molecule has 1 fully saturated rings. The Hall–Kier alpha value is -2.77. The van der Waals surface area contributed by atoms with Crippen LogP contribution in [0.25, 0.3) is 0 Å². The van der Waals surface area contributed by atoms with Crippen LogP contribution in [0.15, 0.2) is 30.3 Å². The number of tetrazole rings is 1. The van der Waals surface area contributed by atoms with Gasteiger partial charge in [0.15, 0.2) is 5.82 Å². The van der Waals surface area contributed by atoms with E-state index in [1.807, 2.05) is 30.3 Å². The number of likely N-dealkylation sites (tertiary alicyclic amines) is 1. The second-order valence-electron chi connectivity index (χ2n) is 5.81.